The molecular weight excluding hydrogens is 212 g/mol. The van der Waals surface area contributed by atoms with Gasteiger partial charge in [0.15, 0.2) is 0 Å². The molecule has 0 amide bonds. The summed E-state index contributed by atoms with van der Waals surface area (Å²) in [6.45, 7) is 12.5. The van der Waals surface area contributed by atoms with Crippen molar-refractivity contribution in [2.75, 3.05) is 39.3 Å². The maximum atomic E-state index is 5.90. The number of rotatable bonds is 9. The van der Waals surface area contributed by atoms with Crippen LogP contribution in [0.25, 0.3) is 0 Å². The lowest BCUT2D eigenvalue weighted by Gasteiger charge is -2.24. The summed E-state index contributed by atoms with van der Waals surface area (Å²) in [4.78, 5) is 2.44. The molecule has 0 aromatic heterocycles. The largest absolute Gasteiger partial charge is 0.378 e. The maximum Gasteiger partial charge on any atom is 0.0599 e. The Morgan fingerprint density at radius 3 is 2.76 bits per heavy atom. The SMILES string of the molecule is C=CCN(CCC)CCCOC1CCNCC1. The molecule has 1 fully saturated rings. The van der Waals surface area contributed by atoms with Crippen LogP contribution in [0, 0.1) is 0 Å². The molecule has 1 heterocycles. The van der Waals surface area contributed by atoms with Gasteiger partial charge >= 0.3 is 0 Å². The van der Waals surface area contributed by atoms with Gasteiger partial charge in [0, 0.05) is 19.7 Å². The topological polar surface area (TPSA) is 24.5 Å². The van der Waals surface area contributed by atoms with Crippen molar-refractivity contribution in [1.29, 1.82) is 0 Å². The third-order valence-electron chi connectivity index (χ3n) is 3.19. The maximum absolute atomic E-state index is 5.90. The van der Waals surface area contributed by atoms with Crippen LogP contribution < -0.4 is 5.32 Å². The van der Waals surface area contributed by atoms with Crippen molar-refractivity contribution in [1.82, 2.24) is 10.2 Å². The molecule has 3 nitrogen and oxygen atoms in total. The Hall–Kier alpha value is -0.380. The molecule has 1 aliphatic heterocycles. The van der Waals surface area contributed by atoms with Crippen LogP contribution >= 0.6 is 0 Å². The first kappa shape index (κ1) is 14.7. The molecule has 3 heteroatoms. The standard InChI is InChI=1S/C14H28N2O/c1-3-10-16(11-4-2)12-5-13-17-14-6-8-15-9-7-14/h3,14-15H,1,4-13H2,2H3. The highest BCUT2D eigenvalue weighted by Crippen LogP contribution is 2.07. The molecule has 0 spiro atoms. The second kappa shape index (κ2) is 9.63. The number of piperidine rings is 1. The number of nitrogens with zero attached hydrogens (tertiary/aromatic N) is 1. The summed E-state index contributed by atoms with van der Waals surface area (Å²) in [7, 11) is 0. The van der Waals surface area contributed by atoms with Crippen molar-refractivity contribution in [3.8, 4) is 0 Å². The van der Waals surface area contributed by atoms with Crippen molar-refractivity contribution in [2.24, 2.45) is 0 Å². The predicted octanol–water partition coefficient (Wildman–Crippen LogP) is 2.04. The van der Waals surface area contributed by atoms with Crippen LogP contribution in [0.2, 0.25) is 0 Å². The van der Waals surface area contributed by atoms with E-state index in [9.17, 15) is 0 Å². The van der Waals surface area contributed by atoms with Crippen LogP contribution in [0.3, 0.4) is 0 Å². The van der Waals surface area contributed by atoms with Crippen molar-refractivity contribution >= 4 is 0 Å². The molecule has 17 heavy (non-hydrogen) atoms. The molecular formula is C14H28N2O. The average molecular weight is 240 g/mol. The molecule has 0 saturated carbocycles. The highest BCUT2D eigenvalue weighted by Gasteiger charge is 2.12. The summed E-state index contributed by atoms with van der Waals surface area (Å²) >= 11 is 0. The smallest absolute Gasteiger partial charge is 0.0599 e. The van der Waals surface area contributed by atoms with Gasteiger partial charge in [0.1, 0.15) is 0 Å². The van der Waals surface area contributed by atoms with E-state index < -0.39 is 0 Å². The van der Waals surface area contributed by atoms with Crippen LogP contribution in [-0.2, 0) is 4.74 Å². The number of ether oxygens (including phenoxy) is 1. The van der Waals surface area contributed by atoms with Crippen molar-refractivity contribution < 1.29 is 4.74 Å². The van der Waals surface area contributed by atoms with Crippen LogP contribution in [0.1, 0.15) is 32.6 Å². The second-order valence-electron chi connectivity index (χ2n) is 4.76. The summed E-state index contributed by atoms with van der Waals surface area (Å²) in [5, 5.41) is 3.36. The van der Waals surface area contributed by atoms with Gasteiger partial charge in [-0.3, -0.25) is 4.90 Å². The van der Waals surface area contributed by atoms with E-state index in [-0.39, 0.29) is 0 Å². The van der Waals surface area contributed by atoms with E-state index in [0.29, 0.717) is 6.10 Å². The van der Waals surface area contributed by atoms with Gasteiger partial charge in [0.2, 0.25) is 0 Å². The van der Waals surface area contributed by atoms with Gasteiger partial charge in [-0.15, -0.1) is 6.58 Å². The summed E-state index contributed by atoms with van der Waals surface area (Å²) in [5.41, 5.74) is 0. The third-order valence-corrected chi connectivity index (χ3v) is 3.19. The molecule has 0 radical (unpaired) electrons. The zero-order valence-corrected chi connectivity index (χ0v) is 11.3. The predicted molar refractivity (Wildman–Crippen MR) is 73.4 cm³/mol. The Morgan fingerprint density at radius 2 is 2.12 bits per heavy atom. The van der Waals surface area contributed by atoms with Crippen LogP contribution in [-0.4, -0.2) is 50.3 Å². The molecule has 1 aliphatic rings. The van der Waals surface area contributed by atoms with E-state index in [1.54, 1.807) is 0 Å². The molecule has 0 bridgehead atoms. The van der Waals surface area contributed by atoms with Crippen LogP contribution in [0.4, 0.5) is 0 Å². The Morgan fingerprint density at radius 1 is 1.35 bits per heavy atom. The molecule has 0 aromatic carbocycles. The highest BCUT2D eigenvalue weighted by atomic mass is 16.5. The lowest BCUT2D eigenvalue weighted by molar-refractivity contribution is 0.0282. The fourth-order valence-corrected chi connectivity index (χ4v) is 2.29. The minimum atomic E-state index is 0.496. The van der Waals surface area contributed by atoms with E-state index in [2.05, 4.69) is 23.7 Å². The fraction of sp³-hybridized carbons (Fsp3) is 0.857. The zero-order valence-electron chi connectivity index (χ0n) is 11.3. The minimum absolute atomic E-state index is 0.496. The molecule has 1 saturated heterocycles. The number of hydrogen-bond acceptors (Lipinski definition) is 3. The molecule has 0 unspecified atom stereocenters. The van der Waals surface area contributed by atoms with Crippen molar-refractivity contribution in [3.05, 3.63) is 12.7 Å². The molecule has 0 aromatic rings. The summed E-state index contributed by atoms with van der Waals surface area (Å²) in [6.07, 6.45) is 7.18. The summed E-state index contributed by atoms with van der Waals surface area (Å²) in [5.74, 6) is 0. The normalized spacial score (nSPS) is 17.5. The Balaban J connectivity index is 2.02. The molecule has 1 N–H and O–H groups in total. The van der Waals surface area contributed by atoms with Crippen molar-refractivity contribution in [3.63, 3.8) is 0 Å². The quantitative estimate of drug-likeness (QED) is 0.493. The fourth-order valence-electron chi connectivity index (χ4n) is 2.29. The van der Waals surface area contributed by atoms with Gasteiger partial charge in [-0.25, -0.2) is 0 Å². The molecule has 0 atom stereocenters. The minimum Gasteiger partial charge on any atom is -0.378 e. The zero-order chi connectivity index (χ0) is 12.3. The Bertz CT molecular complexity index is 191. The van der Waals surface area contributed by atoms with E-state index in [1.165, 1.54) is 25.8 Å². The monoisotopic (exact) mass is 240 g/mol. The van der Waals surface area contributed by atoms with Crippen molar-refractivity contribution in [2.45, 2.75) is 38.7 Å². The first-order valence-corrected chi connectivity index (χ1v) is 7.02. The van der Waals surface area contributed by atoms with Crippen LogP contribution in [0.5, 0.6) is 0 Å². The summed E-state index contributed by atoms with van der Waals surface area (Å²) in [6, 6.07) is 0. The van der Waals surface area contributed by atoms with E-state index in [4.69, 9.17) is 4.74 Å². The second-order valence-corrected chi connectivity index (χ2v) is 4.76. The molecule has 100 valence electrons. The highest BCUT2D eigenvalue weighted by molar-refractivity contribution is 4.73. The van der Waals surface area contributed by atoms with Gasteiger partial charge in [-0.1, -0.05) is 13.0 Å². The lowest BCUT2D eigenvalue weighted by atomic mass is 10.1. The lowest BCUT2D eigenvalue weighted by Crippen LogP contribution is -2.33. The number of hydrogen-bond donors (Lipinski definition) is 1. The molecule has 0 aliphatic carbocycles. The van der Waals surface area contributed by atoms with Gasteiger partial charge < -0.3 is 10.1 Å². The van der Waals surface area contributed by atoms with Crippen LogP contribution in [0.15, 0.2) is 12.7 Å². The van der Waals surface area contributed by atoms with Gasteiger partial charge in [0.25, 0.3) is 0 Å². The van der Waals surface area contributed by atoms with E-state index in [0.717, 1.165) is 39.2 Å². The van der Waals surface area contributed by atoms with Gasteiger partial charge in [-0.05, 0) is 45.3 Å². The van der Waals surface area contributed by atoms with Gasteiger partial charge in [0.05, 0.1) is 6.10 Å². The average Bonchev–Trinajstić information content (AvgIpc) is 2.36. The first-order valence-electron chi connectivity index (χ1n) is 7.02. The molecule has 1 rings (SSSR count). The van der Waals surface area contributed by atoms with E-state index >= 15 is 0 Å². The number of nitrogens with one attached hydrogen (secondary N) is 1. The Labute approximate surface area is 106 Å². The van der Waals surface area contributed by atoms with E-state index in [1.807, 2.05) is 6.08 Å². The Kier molecular flexibility index (Phi) is 8.32. The third kappa shape index (κ3) is 6.81. The first-order chi connectivity index (χ1) is 8.36. The summed E-state index contributed by atoms with van der Waals surface area (Å²) < 4.78 is 5.90. The van der Waals surface area contributed by atoms with Gasteiger partial charge in [-0.2, -0.15) is 0 Å².